The Balaban J connectivity index is 1.52. The maximum Gasteiger partial charge on any atom is 0.200 e. The molecule has 0 aliphatic rings. The summed E-state index contributed by atoms with van der Waals surface area (Å²) in [4.78, 5) is 0. The van der Waals surface area contributed by atoms with Gasteiger partial charge < -0.3 is 10.1 Å². The highest BCUT2D eigenvalue weighted by Gasteiger charge is 2.03. The molecule has 0 radical (unpaired) electrons. The van der Waals surface area contributed by atoms with Crippen molar-refractivity contribution in [2.75, 3.05) is 18.5 Å². The maximum atomic E-state index is 13.0. The number of nitrogens with one attached hydrogen (secondary N) is 1. The van der Waals surface area contributed by atoms with Crippen molar-refractivity contribution >= 4 is 11.5 Å². The molecule has 0 aliphatic carbocycles. The third-order valence-corrected chi connectivity index (χ3v) is 2.64. The van der Waals surface area contributed by atoms with E-state index in [4.69, 9.17) is 4.74 Å². The number of fused-ring (bicyclic) bond motifs is 1. The van der Waals surface area contributed by atoms with E-state index < -0.39 is 11.6 Å². The molecule has 1 aromatic carbocycles. The quantitative estimate of drug-likeness (QED) is 0.714. The van der Waals surface area contributed by atoms with E-state index >= 15 is 0 Å². The van der Waals surface area contributed by atoms with E-state index in [2.05, 4.69) is 25.9 Å². The van der Waals surface area contributed by atoms with E-state index in [9.17, 15) is 8.78 Å². The van der Waals surface area contributed by atoms with Crippen molar-refractivity contribution in [3.63, 3.8) is 0 Å². The lowest BCUT2D eigenvalue weighted by Gasteiger charge is -2.08. The van der Waals surface area contributed by atoms with E-state index in [0.717, 1.165) is 12.1 Å². The van der Waals surface area contributed by atoms with Gasteiger partial charge in [-0.05, 0) is 34.7 Å². The third kappa shape index (κ3) is 3.02. The lowest BCUT2D eigenvalue weighted by molar-refractivity contribution is 0.329. The van der Waals surface area contributed by atoms with E-state index in [-0.39, 0.29) is 12.4 Å². The third-order valence-electron chi connectivity index (χ3n) is 2.64. The monoisotopic (exact) mass is 292 g/mol. The molecule has 3 rings (SSSR count). The Morgan fingerprint density at radius 3 is 2.90 bits per heavy atom. The van der Waals surface area contributed by atoms with Gasteiger partial charge in [-0.15, -0.1) is 14.8 Å². The highest BCUT2D eigenvalue weighted by molar-refractivity contribution is 5.41. The first-order chi connectivity index (χ1) is 10.2. The fourth-order valence-corrected chi connectivity index (χ4v) is 1.66. The zero-order valence-electron chi connectivity index (χ0n) is 10.7. The van der Waals surface area contributed by atoms with Crippen molar-refractivity contribution in [1.82, 2.24) is 25.3 Å². The van der Waals surface area contributed by atoms with Crippen molar-refractivity contribution in [2.45, 2.75) is 0 Å². The van der Waals surface area contributed by atoms with Crippen molar-refractivity contribution in [1.29, 1.82) is 0 Å². The van der Waals surface area contributed by atoms with Gasteiger partial charge in [0.05, 0.1) is 6.54 Å². The second-order valence-corrected chi connectivity index (χ2v) is 4.10. The van der Waals surface area contributed by atoms with Crippen LogP contribution < -0.4 is 10.1 Å². The number of halogens is 2. The molecule has 0 saturated carbocycles. The second-order valence-electron chi connectivity index (χ2n) is 4.10. The van der Waals surface area contributed by atoms with Gasteiger partial charge in [0.2, 0.25) is 0 Å². The molecule has 3 aromatic rings. The molecular formula is C12H10F2N6O. The summed E-state index contributed by atoms with van der Waals surface area (Å²) < 4.78 is 32.3. The van der Waals surface area contributed by atoms with Crippen LogP contribution in [-0.4, -0.2) is 38.4 Å². The van der Waals surface area contributed by atoms with E-state index in [1.54, 1.807) is 12.1 Å². The highest BCUT2D eigenvalue weighted by atomic mass is 19.2. The Labute approximate surface area is 117 Å². The molecule has 108 valence electrons. The largest absolute Gasteiger partial charge is 0.492 e. The Morgan fingerprint density at radius 2 is 2.05 bits per heavy atom. The molecular weight excluding hydrogens is 282 g/mol. The van der Waals surface area contributed by atoms with Gasteiger partial charge in [0, 0.05) is 6.07 Å². The van der Waals surface area contributed by atoms with Gasteiger partial charge >= 0.3 is 0 Å². The lowest BCUT2D eigenvalue weighted by atomic mass is 10.3. The number of rotatable bonds is 5. The molecule has 9 heteroatoms. The highest BCUT2D eigenvalue weighted by Crippen LogP contribution is 2.15. The summed E-state index contributed by atoms with van der Waals surface area (Å²) in [5, 5.41) is 18.0. The number of anilines is 1. The van der Waals surface area contributed by atoms with Gasteiger partial charge in [0.25, 0.3) is 0 Å². The SMILES string of the molecule is Fc1ccc(OCCNc2ccc3nnnn3n2)cc1F. The Hall–Kier alpha value is -2.84. The van der Waals surface area contributed by atoms with Crippen LogP contribution in [0, 0.1) is 11.6 Å². The topological polar surface area (TPSA) is 77.2 Å². The minimum Gasteiger partial charge on any atom is -0.492 e. The van der Waals surface area contributed by atoms with Gasteiger partial charge in [-0.2, -0.15) is 0 Å². The number of benzene rings is 1. The predicted octanol–water partition coefficient (Wildman–Crippen LogP) is 1.29. The number of nitrogens with zero attached hydrogens (tertiary/aromatic N) is 5. The Kier molecular flexibility index (Phi) is 3.54. The summed E-state index contributed by atoms with van der Waals surface area (Å²) in [5.74, 6) is -1.01. The van der Waals surface area contributed by atoms with E-state index in [1.165, 1.54) is 10.7 Å². The molecule has 0 aliphatic heterocycles. The summed E-state index contributed by atoms with van der Waals surface area (Å²) in [6, 6.07) is 6.82. The Morgan fingerprint density at radius 1 is 1.14 bits per heavy atom. The van der Waals surface area contributed by atoms with E-state index in [1.807, 2.05) is 0 Å². The van der Waals surface area contributed by atoms with Crippen molar-refractivity contribution in [3.05, 3.63) is 42.0 Å². The van der Waals surface area contributed by atoms with Crippen LogP contribution in [0.2, 0.25) is 0 Å². The molecule has 0 fully saturated rings. The molecule has 7 nitrogen and oxygen atoms in total. The average Bonchev–Trinajstić information content (AvgIpc) is 2.95. The normalized spacial score (nSPS) is 10.8. The van der Waals surface area contributed by atoms with Crippen LogP contribution in [0.25, 0.3) is 5.65 Å². The van der Waals surface area contributed by atoms with E-state index in [0.29, 0.717) is 18.0 Å². The van der Waals surface area contributed by atoms with Gasteiger partial charge in [-0.25, -0.2) is 8.78 Å². The van der Waals surface area contributed by atoms with Gasteiger partial charge in [0.1, 0.15) is 18.2 Å². The van der Waals surface area contributed by atoms with Crippen molar-refractivity contribution in [2.24, 2.45) is 0 Å². The molecule has 0 bridgehead atoms. The van der Waals surface area contributed by atoms with Gasteiger partial charge in [-0.3, -0.25) is 0 Å². The summed E-state index contributed by atoms with van der Waals surface area (Å²) in [7, 11) is 0. The molecule has 1 N–H and O–H groups in total. The standard InChI is InChI=1S/C12H10F2N6O/c13-9-2-1-8(7-10(9)14)21-6-5-15-11-3-4-12-16-18-19-20(12)17-11/h1-4,7H,5-6H2,(H,15,17). The molecule has 0 saturated heterocycles. The smallest absolute Gasteiger partial charge is 0.200 e. The lowest BCUT2D eigenvalue weighted by Crippen LogP contribution is -2.13. The maximum absolute atomic E-state index is 13.0. The molecule has 2 aromatic heterocycles. The zero-order valence-corrected chi connectivity index (χ0v) is 10.7. The van der Waals surface area contributed by atoms with Gasteiger partial charge in [0.15, 0.2) is 17.3 Å². The van der Waals surface area contributed by atoms with Crippen LogP contribution in [0.5, 0.6) is 5.75 Å². The molecule has 0 spiro atoms. The predicted molar refractivity (Wildman–Crippen MR) is 68.9 cm³/mol. The van der Waals surface area contributed by atoms with Crippen LogP contribution in [0.1, 0.15) is 0 Å². The van der Waals surface area contributed by atoms with Crippen LogP contribution in [0.4, 0.5) is 14.6 Å². The zero-order chi connectivity index (χ0) is 14.7. The first-order valence-electron chi connectivity index (χ1n) is 6.09. The number of hydrogen-bond donors (Lipinski definition) is 1. The summed E-state index contributed by atoms with van der Waals surface area (Å²) in [5.41, 5.74) is 0.540. The summed E-state index contributed by atoms with van der Waals surface area (Å²) in [6.45, 7) is 0.694. The second kappa shape index (κ2) is 5.65. The number of hydrogen-bond acceptors (Lipinski definition) is 6. The van der Waals surface area contributed by atoms with Crippen LogP contribution in [0.15, 0.2) is 30.3 Å². The number of ether oxygens (including phenoxy) is 1. The summed E-state index contributed by atoms with van der Waals surface area (Å²) >= 11 is 0. The first-order valence-corrected chi connectivity index (χ1v) is 6.09. The molecule has 0 atom stereocenters. The minimum absolute atomic E-state index is 0.264. The number of tetrazole rings is 1. The van der Waals surface area contributed by atoms with Crippen LogP contribution in [-0.2, 0) is 0 Å². The molecule has 0 amide bonds. The summed E-state index contributed by atoms with van der Waals surface area (Å²) in [6.07, 6.45) is 0. The molecule has 0 unspecified atom stereocenters. The number of aromatic nitrogens is 5. The fraction of sp³-hybridized carbons (Fsp3) is 0.167. The molecule has 2 heterocycles. The first kappa shape index (κ1) is 13.2. The van der Waals surface area contributed by atoms with Gasteiger partial charge in [-0.1, -0.05) is 0 Å². The van der Waals surface area contributed by atoms with Crippen LogP contribution in [0.3, 0.4) is 0 Å². The minimum atomic E-state index is -0.939. The average molecular weight is 292 g/mol. The fourth-order valence-electron chi connectivity index (χ4n) is 1.66. The van der Waals surface area contributed by atoms with Crippen LogP contribution >= 0.6 is 0 Å². The molecule has 21 heavy (non-hydrogen) atoms. The van der Waals surface area contributed by atoms with Crippen molar-refractivity contribution < 1.29 is 13.5 Å². The Bertz CT molecular complexity index is 762. The van der Waals surface area contributed by atoms with Crippen molar-refractivity contribution in [3.8, 4) is 5.75 Å².